The number of aliphatic hydroxyl groups is 3. The predicted octanol–water partition coefficient (Wildman–Crippen LogP) is 3.28. The first-order valence-corrected chi connectivity index (χ1v) is 10.0. The van der Waals surface area contributed by atoms with Crippen molar-refractivity contribution in [2.75, 3.05) is 0 Å². The molecule has 0 amide bonds. The highest BCUT2D eigenvalue weighted by atomic mass is 16.3. The molecule has 0 bridgehead atoms. The molecular formula is C21H34O3. The molecule has 0 radical (unpaired) electrons. The Morgan fingerprint density at radius 2 is 1.67 bits per heavy atom. The van der Waals surface area contributed by atoms with Crippen LogP contribution in [0, 0.1) is 34.5 Å². The zero-order chi connectivity index (χ0) is 17.3. The Morgan fingerprint density at radius 1 is 0.917 bits per heavy atom. The number of aliphatic hydroxyl groups excluding tert-OH is 3. The second-order valence-corrected chi connectivity index (χ2v) is 9.62. The minimum Gasteiger partial charge on any atom is -0.393 e. The van der Waals surface area contributed by atoms with Crippen molar-refractivity contribution in [1.82, 2.24) is 0 Å². The van der Waals surface area contributed by atoms with Crippen LogP contribution in [-0.4, -0.2) is 33.6 Å². The maximum Gasteiger partial charge on any atom is 0.0836 e. The fraction of sp³-hybridized carbons (Fsp3) is 0.905. The number of rotatable bonds is 0. The topological polar surface area (TPSA) is 60.7 Å². The maximum absolute atomic E-state index is 11.1. The molecule has 4 aliphatic rings. The molecule has 3 N–H and O–H groups in total. The molecule has 9 atom stereocenters. The van der Waals surface area contributed by atoms with E-state index < -0.39 is 12.2 Å². The zero-order valence-electron chi connectivity index (χ0n) is 15.4. The quantitative estimate of drug-likeness (QED) is 0.596. The largest absolute Gasteiger partial charge is 0.393 e. The van der Waals surface area contributed by atoms with Crippen LogP contribution < -0.4 is 0 Å². The van der Waals surface area contributed by atoms with E-state index in [0.717, 1.165) is 32.1 Å². The minimum atomic E-state index is -0.678. The Balaban J connectivity index is 1.73. The fourth-order valence-corrected chi connectivity index (χ4v) is 7.56. The number of hydrogen-bond acceptors (Lipinski definition) is 3. The molecule has 0 heterocycles. The first kappa shape index (κ1) is 17.1. The third kappa shape index (κ3) is 2.07. The van der Waals surface area contributed by atoms with Crippen molar-refractivity contribution in [1.29, 1.82) is 0 Å². The van der Waals surface area contributed by atoms with Gasteiger partial charge in [0.25, 0.3) is 0 Å². The van der Waals surface area contributed by atoms with Gasteiger partial charge in [-0.25, -0.2) is 0 Å². The molecule has 24 heavy (non-hydrogen) atoms. The third-order valence-electron chi connectivity index (χ3n) is 8.92. The van der Waals surface area contributed by atoms with E-state index >= 15 is 0 Å². The second-order valence-electron chi connectivity index (χ2n) is 9.62. The van der Waals surface area contributed by atoms with E-state index in [9.17, 15) is 15.3 Å². The Hall–Kier alpha value is -0.380. The standard InChI is InChI=1S/C21H34O3/c1-4-12-5-6-14-17-15(8-10-20(12,14)2)21(3)9-7-13(22)11-16(21)18(23)19(17)24/h4,13-19,22-24H,5-11H2,1-3H3/t13-,14?,15?,16?,17?,18-,19-,20+,21+/m0/s1. The lowest BCUT2D eigenvalue weighted by Gasteiger charge is -2.63. The monoisotopic (exact) mass is 334 g/mol. The molecule has 0 aromatic rings. The van der Waals surface area contributed by atoms with Crippen LogP contribution in [0.2, 0.25) is 0 Å². The molecule has 3 heteroatoms. The molecule has 4 rings (SSSR count). The van der Waals surface area contributed by atoms with Crippen LogP contribution in [-0.2, 0) is 0 Å². The minimum absolute atomic E-state index is 0.0458. The van der Waals surface area contributed by atoms with E-state index in [1.54, 1.807) is 5.57 Å². The van der Waals surface area contributed by atoms with Crippen molar-refractivity contribution < 1.29 is 15.3 Å². The Labute approximate surface area is 146 Å². The SMILES string of the molecule is CC=C1CCC2C3C(CC[C@]12C)[C@@]1(C)CC[C@H](O)CC1[C@H](O)[C@H]3O. The van der Waals surface area contributed by atoms with Gasteiger partial charge in [-0.05, 0) is 86.4 Å². The molecule has 0 aliphatic heterocycles. The van der Waals surface area contributed by atoms with Gasteiger partial charge in [-0.15, -0.1) is 0 Å². The van der Waals surface area contributed by atoms with Crippen molar-refractivity contribution in [3.05, 3.63) is 11.6 Å². The smallest absolute Gasteiger partial charge is 0.0836 e. The molecule has 0 saturated heterocycles. The van der Waals surface area contributed by atoms with Crippen molar-refractivity contribution in [2.24, 2.45) is 34.5 Å². The molecule has 4 saturated carbocycles. The van der Waals surface area contributed by atoms with E-state index in [1.807, 2.05) is 0 Å². The summed E-state index contributed by atoms with van der Waals surface area (Å²) in [6.07, 6.45) is 7.86. The van der Waals surface area contributed by atoms with Crippen molar-refractivity contribution in [3.63, 3.8) is 0 Å². The van der Waals surface area contributed by atoms with Gasteiger partial charge in [0.15, 0.2) is 0 Å². The number of hydrogen-bond donors (Lipinski definition) is 3. The highest BCUT2D eigenvalue weighted by Crippen LogP contribution is 2.67. The normalized spacial score (nSPS) is 58.9. The molecule has 4 aliphatic carbocycles. The lowest BCUT2D eigenvalue weighted by atomic mass is 9.43. The van der Waals surface area contributed by atoms with Gasteiger partial charge in [0.2, 0.25) is 0 Å². The van der Waals surface area contributed by atoms with Gasteiger partial charge >= 0.3 is 0 Å². The number of allylic oxidation sites excluding steroid dienone is 2. The second kappa shape index (κ2) is 5.56. The fourth-order valence-electron chi connectivity index (χ4n) is 7.56. The van der Waals surface area contributed by atoms with Crippen LogP contribution in [0.5, 0.6) is 0 Å². The summed E-state index contributed by atoms with van der Waals surface area (Å²) in [6.45, 7) is 6.89. The molecule has 3 nitrogen and oxygen atoms in total. The van der Waals surface area contributed by atoms with Crippen LogP contribution in [0.4, 0.5) is 0 Å². The summed E-state index contributed by atoms with van der Waals surface area (Å²) in [5, 5.41) is 32.1. The third-order valence-corrected chi connectivity index (χ3v) is 8.92. The van der Waals surface area contributed by atoms with Gasteiger partial charge in [-0.1, -0.05) is 25.5 Å². The van der Waals surface area contributed by atoms with Gasteiger partial charge in [0.1, 0.15) is 0 Å². The average molecular weight is 334 g/mol. The summed E-state index contributed by atoms with van der Waals surface area (Å²) in [6, 6.07) is 0. The summed E-state index contributed by atoms with van der Waals surface area (Å²) in [5.74, 6) is 1.25. The van der Waals surface area contributed by atoms with Crippen LogP contribution in [0.3, 0.4) is 0 Å². The Bertz CT molecular complexity index is 543. The highest BCUT2D eigenvalue weighted by Gasteiger charge is 2.63. The first-order valence-electron chi connectivity index (χ1n) is 10.0. The van der Waals surface area contributed by atoms with E-state index in [2.05, 4.69) is 26.8 Å². The van der Waals surface area contributed by atoms with Gasteiger partial charge in [0, 0.05) is 0 Å². The van der Waals surface area contributed by atoms with Crippen molar-refractivity contribution in [3.8, 4) is 0 Å². The molecule has 4 unspecified atom stereocenters. The summed E-state index contributed by atoms with van der Waals surface area (Å²) in [7, 11) is 0. The summed E-state index contributed by atoms with van der Waals surface area (Å²) >= 11 is 0. The van der Waals surface area contributed by atoms with Gasteiger partial charge in [0.05, 0.1) is 18.3 Å². The molecule has 0 spiro atoms. The lowest BCUT2D eigenvalue weighted by Crippen LogP contribution is -2.63. The summed E-state index contributed by atoms with van der Waals surface area (Å²) in [4.78, 5) is 0. The van der Waals surface area contributed by atoms with E-state index in [1.165, 1.54) is 6.42 Å². The molecule has 136 valence electrons. The highest BCUT2D eigenvalue weighted by molar-refractivity contribution is 5.25. The molecule has 0 aromatic heterocycles. The zero-order valence-corrected chi connectivity index (χ0v) is 15.4. The van der Waals surface area contributed by atoms with Crippen LogP contribution in [0.15, 0.2) is 11.6 Å². The maximum atomic E-state index is 11.1. The lowest BCUT2D eigenvalue weighted by molar-refractivity contribution is -0.217. The predicted molar refractivity (Wildman–Crippen MR) is 94.3 cm³/mol. The van der Waals surface area contributed by atoms with E-state index in [4.69, 9.17) is 0 Å². The average Bonchev–Trinajstić information content (AvgIpc) is 2.90. The molecular weight excluding hydrogens is 300 g/mol. The van der Waals surface area contributed by atoms with Crippen molar-refractivity contribution in [2.45, 2.75) is 84.0 Å². The van der Waals surface area contributed by atoms with Crippen LogP contribution in [0.1, 0.15) is 65.7 Å². The van der Waals surface area contributed by atoms with E-state index in [-0.39, 0.29) is 28.8 Å². The molecule has 4 fully saturated rings. The summed E-state index contributed by atoms with van der Waals surface area (Å²) < 4.78 is 0. The summed E-state index contributed by atoms with van der Waals surface area (Å²) in [5.41, 5.74) is 1.86. The van der Waals surface area contributed by atoms with Gasteiger partial charge in [-0.3, -0.25) is 0 Å². The van der Waals surface area contributed by atoms with Crippen LogP contribution in [0.25, 0.3) is 0 Å². The van der Waals surface area contributed by atoms with Crippen molar-refractivity contribution >= 4 is 0 Å². The Morgan fingerprint density at radius 3 is 2.38 bits per heavy atom. The first-order chi connectivity index (χ1) is 11.3. The molecule has 0 aromatic carbocycles. The van der Waals surface area contributed by atoms with Gasteiger partial charge < -0.3 is 15.3 Å². The number of fused-ring (bicyclic) bond motifs is 5. The van der Waals surface area contributed by atoms with Crippen LogP contribution >= 0.6 is 0 Å². The van der Waals surface area contributed by atoms with E-state index in [0.29, 0.717) is 18.3 Å². The Kier molecular flexibility index (Phi) is 3.95. The van der Waals surface area contributed by atoms with Gasteiger partial charge in [-0.2, -0.15) is 0 Å².